The fourth-order valence-electron chi connectivity index (χ4n) is 4.06. The number of carbonyl (C=O) groups is 1. The lowest BCUT2D eigenvalue weighted by molar-refractivity contribution is -0.115. The number of benzene rings is 3. The molecule has 2 heterocycles. The Balaban J connectivity index is 1.58. The van der Waals surface area contributed by atoms with Crippen molar-refractivity contribution in [2.45, 2.75) is 17.0 Å². The summed E-state index contributed by atoms with van der Waals surface area (Å²) in [4.78, 5) is 32.9. The number of fused-ring (bicyclic) bond motifs is 1. The molecule has 0 aliphatic rings. The quantitative estimate of drug-likeness (QED) is 0.115. The third-order valence-electron chi connectivity index (χ3n) is 5.75. The summed E-state index contributed by atoms with van der Waals surface area (Å²) in [7, 11) is 0. The number of amides is 1. The van der Waals surface area contributed by atoms with Gasteiger partial charge in [-0.15, -0.1) is 17.9 Å². The lowest BCUT2D eigenvalue weighted by atomic mass is 10.1. The van der Waals surface area contributed by atoms with Crippen molar-refractivity contribution >= 4 is 68.1 Å². The molecule has 1 N–H and O–H groups in total. The SMILES string of the molecule is C=CCn1c(S[C@H](C(=O)Nc2cc(Cl)cc(Cl)c2)c2ccccc2)nc2scc(-c3ccccc3)c2c1=O. The summed E-state index contributed by atoms with van der Waals surface area (Å²) in [6.07, 6.45) is 1.65. The average Bonchev–Trinajstić information content (AvgIpc) is 3.34. The minimum absolute atomic E-state index is 0.175. The first-order valence-corrected chi connectivity index (χ1v) is 14.1. The fraction of sp³-hybridized carbons (Fsp3) is 0.0690. The van der Waals surface area contributed by atoms with E-state index in [2.05, 4.69) is 11.9 Å². The topological polar surface area (TPSA) is 64.0 Å². The molecule has 3 aromatic carbocycles. The van der Waals surface area contributed by atoms with E-state index in [0.29, 0.717) is 31.1 Å². The van der Waals surface area contributed by atoms with Crippen LogP contribution in [0.5, 0.6) is 0 Å². The van der Waals surface area contributed by atoms with E-state index >= 15 is 0 Å². The Bertz CT molecular complexity index is 1670. The predicted molar refractivity (Wildman–Crippen MR) is 160 cm³/mol. The summed E-state index contributed by atoms with van der Waals surface area (Å²) in [5.41, 5.74) is 2.86. The number of nitrogens with zero attached hydrogens (tertiary/aromatic N) is 2. The van der Waals surface area contributed by atoms with E-state index < -0.39 is 5.25 Å². The van der Waals surface area contributed by atoms with Crippen LogP contribution in [0.2, 0.25) is 10.0 Å². The van der Waals surface area contributed by atoms with Gasteiger partial charge in [0.2, 0.25) is 5.91 Å². The molecular formula is C29H21Cl2N3O2S2. The Labute approximate surface area is 237 Å². The van der Waals surface area contributed by atoms with Crippen LogP contribution in [0.1, 0.15) is 10.8 Å². The zero-order valence-corrected chi connectivity index (χ0v) is 23.1. The summed E-state index contributed by atoms with van der Waals surface area (Å²) in [5, 5.41) is 5.96. The van der Waals surface area contributed by atoms with E-state index in [9.17, 15) is 9.59 Å². The molecule has 0 spiro atoms. The molecule has 5 rings (SSSR count). The molecule has 0 radical (unpaired) electrons. The van der Waals surface area contributed by atoms with Crippen molar-refractivity contribution in [1.82, 2.24) is 9.55 Å². The van der Waals surface area contributed by atoms with Gasteiger partial charge < -0.3 is 5.32 Å². The van der Waals surface area contributed by atoms with E-state index in [1.165, 1.54) is 23.1 Å². The first kappa shape index (κ1) is 26.3. The van der Waals surface area contributed by atoms with E-state index in [1.807, 2.05) is 66.0 Å². The van der Waals surface area contributed by atoms with Gasteiger partial charge in [-0.1, -0.05) is 102 Å². The number of thiophene rings is 1. The maximum Gasteiger partial charge on any atom is 0.263 e. The fourth-order valence-corrected chi connectivity index (χ4v) is 6.68. The highest BCUT2D eigenvalue weighted by Crippen LogP contribution is 2.38. The van der Waals surface area contributed by atoms with Gasteiger partial charge in [0.15, 0.2) is 5.16 Å². The highest BCUT2D eigenvalue weighted by atomic mass is 35.5. The van der Waals surface area contributed by atoms with E-state index in [4.69, 9.17) is 28.2 Å². The normalized spacial score (nSPS) is 11.8. The zero-order valence-electron chi connectivity index (χ0n) is 19.9. The summed E-state index contributed by atoms with van der Waals surface area (Å²) in [5.74, 6) is -0.296. The number of hydrogen-bond acceptors (Lipinski definition) is 5. The number of halogens is 2. The van der Waals surface area contributed by atoms with E-state index in [1.54, 1.807) is 28.8 Å². The van der Waals surface area contributed by atoms with Crippen molar-refractivity contribution in [3.05, 3.63) is 123 Å². The molecule has 0 saturated carbocycles. The molecule has 0 fully saturated rings. The van der Waals surface area contributed by atoms with Crippen molar-refractivity contribution in [3.63, 3.8) is 0 Å². The van der Waals surface area contributed by atoms with Gasteiger partial charge in [0.05, 0.1) is 5.39 Å². The number of nitrogens with one attached hydrogen (secondary N) is 1. The van der Waals surface area contributed by atoms with Gasteiger partial charge in [-0.3, -0.25) is 14.2 Å². The highest BCUT2D eigenvalue weighted by molar-refractivity contribution is 8.00. The Kier molecular flexibility index (Phi) is 8.00. The average molecular weight is 579 g/mol. The van der Waals surface area contributed by atoms with Crippen LogP contribution in [0, 0.1) is 0 Å². The predicted octanol–water partition coefficient (Wildman–Crippen LogP) is 8.09. The first-order valence-electron chi connectivity index (χ1n) is 11.6. The van der Waals surface area contributed by atoms with E-state index in [-0.39, 0.29) is 18.0 Å². The van der Waals surface area contributed by atoms with Crippen molar-refractivity contribution < 1.29 is 4.79 Å². The van der Waals surface area contributed by atoms with Crippen LogP contribution in [0.4, 0.5) is 5.69 Å². The van der Waals surface area contributed by atoms with Gasteiger partial charge in [-0.05, 0) is 29.3 Å². The molecule has 0 aliphatic carbocycles. The molecule has 0 bridgehead atoms. The smallest absolute Gasteiger partial charge is 0.263 e. The second-order valence-corrected chi connectivity index (χ2v) is 11.2. The van der Waals surface area contributed by atoms with Crippen LogP contribution in [-0.4, -0.2) is 15.5 Å². The Morgan fingerprint density at radius 1 is 1.05 bits per heavy atom. The molecule has 5 nitrogen and oxygen atoms in total. The number of thioether (sulfide) groups is 1. The zero-order chi connectivity index (χ0) is 26.6. The summed E-state index contributed by atoms with van der Waals surface area (Å²) >= 11 is 14.9. The maximum atomic E-state index is 13.8. The number of carbonyl (C=O) groups excluding carboxylic acids is 1. The lowest BCUT2D eigenvalue weighted by Gasteiger charge is -2.19. The number of anilines is 1. The first-order chi connectivity index (χ1) is 18.4. The van der Waals surface area contributed by atoms with Gasteiger partial charge >= 0.3 is 0 Å². The van der Waals surface area contributed by atoms with Crippen molar-refractivity contribution in [1.29, 1.82) is 0 Å². The Morgan fingerprint density at radius 2 is 1.71 bits per heavy atom. The molecule has 5 aromatic rings. The van der Waals surface area contributed by atoms with Crippen LogP contribution >= 0.6 is 46.3 Å². The van der Waals surface area contributed by atoms with E-state index in [0.717, 1.165) is 16.7 Å². The second kappa shape index (κ2) is 11.6. The minimum Gasteiger partial charge on any atom is -0.325 e. The summed E-state index contributed by atoms with van der Waals surface area (Å²) < 4.78 is 1.57. The molecular weight excluding hydrogens is 557 g/mol. The van der Waals surface area contributed by atoms with Crippen LogP contribution < -0.4 is 10.9 Å². The lowest BCUT2D eigenvalue weighted by Crippen LogP contribution is -2.25. The molecule has 1 amide bonds. The largest absolute Gasteiger partial charge is 0.325 e. The number of rotatable bonds is 8. The standard InChI is InChI=1S/C29H21Cl2N3O2S2/c1-2-13-34-28(36)24-23(18-9-5-3-6-10-18)17-37-27(24)33-29(34)38-25(19-11-7-4-8-12-19)26(35)32-22-15-20(30)14-21(31)16-22/h2-12,14-17,25H,1,13H2,(H,32,35)/t25-/m0/s1. The van der Waals surface area contributed by atoms with Crippen LogP contribution in [0.15, 0.2) is 107 Å². The molecule has 38 heavy (non-hydrogen) atoms. The summed E-state index contributed by atoms with van der Waals surface area (Å²) in [6, 6.07) is 24.0. The van der Waals surface area contributed by atoms with Crippen LogP contribution in [0.25, 0.3) is 21.3 Å². The summed E-state index contributed by atoms with van der Waals surface area (Å²) in [6.45, 7) is 4.08. The van der Waals surface area contributed by atoms with Crippen molar-refractivity contribution in [2.24, 2.45) is 0 Å². The monoisotopic (exact) mass is 577 g/mol. The molecule has 0 aliphatic heterocycles. The van der Waals surface area contributed by atoms with Gasteiger partial charge in [0.25, 0.3) is 5.56 Å². The Hall–Kier alpha value is -3.36. The van der Waals surface area contributed by atoms with Gasteiger partial charge in [0.1, 0.15) is 10.1 Å². The number of hydrogen-bond donors (Lipinski definition) is 1. The maximum absolute atomic E-state index is 13.8. The molecule has 190 valence electrons. The molecule has 2 aromatic heterocycles. The van der Waals surface area contributed by atoms with Crippen molar-refractivity contribution in [2.75, 3.05) is 5.32 Å². The molecule has 1 atom stereocenters. The Morgan fingerprint density at radius 3 is 2.37 bits per heavy atom. The third kappa shape index (κ3) is 5.56. The molecule has 9 heteroatoms. The second-order valence-electron chi connectivity index (χ2n) is 8.35. The van der Waals surface area contributed by atoms with Gasteiger partial charge in [-0.25, -0.2) is 4.98 Å². The van der Waals surface area contributed by atoms with Gasteiger partial charge in [-0.2, -0.15) is 0 Å². The number of allylic oxidation sites excluding steroid dienone is 1. The number of aromatic nitrogens is 2. The highest BCUT2D eigenvalue weighted by Gasteiger charge is 2.26. The molecule has 0 saturated heterocycles. The van der Waals surface area contributed by atoms with Crippen LogP contribution in [0.3, 0.4) is 0 Å². The minimum atomic E-state index is -0.706. The van der Waals surface area contributed by atoms with Crippen molar-refractivity contribution in [3.8, 4) is 11.1 Å². The van der Waals surface area contributed by atoms with Crippen LogP contribution in [-0.2, 0) is 11.3 Å². The third-order valence-corrected chi connectivity index (χ3v) is 8.30. The van der Waals surface area contributed by atoms with Gasteiger partial charge in [0, 0.05) is 33.2 Å². The molecule has 0 unspecified atom stereocenters.